The quantitative estimate of drug-likeness (QED) is 0.449. The first kappa shape index (κ1) is 25.1. The Labute approximate surface area is 216 Å². The van der Waals surface area contributed by atoms with Gasteiger partial charge in [-0.15, -0.1) is 0 Å². The molecule has 2 N–H and O–H groups in total. The number of hydrogen-bond acceptors (Lipinski definition) is 5. The second kappa shape index (κ2) is 10.7. The molecule has 1 saturated heterocycles. The van der Waals surface area contributed by atoms with E-state index >= 15 is 0 Å². The van der Waals surface area contributed by atoms with Gasteiger partial charge in [-0.2, -0.15) is 0 Å². The summed E-state index contributed by atoms with van der Waals surface area (Å²) in [5.74, 6) is -1.77. The van der Waals surface area contributed by atoms with E-state index in [-0.39, 0.29) is 16.4 Å². The summed E-state index contributed by atoms with van der Waals surface area (Å²) < 4.78 is 19.2. The number of hydrogen-bond donors (Lipinski definition) is 2. The molecule has 0 radical (unpaired) electrons. The van der Waals surface area contributed by atoms with E-state index in [4.69, 9.17) is 28.6 Å². The molecule has 8 nitrogen and oxygen atoms in total. The summed E-state index contributed by atoms with van der Waals surface area (Å²) in [5, 5.41) is 4.04. The summed E-state index contributed by atoms with van der Waals surface area (Å²) in [4.78, 5) is 40.3. The number of rotatable bonds is 7. The van der Waals surface area contributed by atoms with E-state index in [1.54, 1.807) is 42.5 Å². The number of anilines is 2. The van der Waals surface area contributed by atoms with Gasteiger partial charge in [0.2, 0.25) is 11.0 Å². The topological polar surface area (TPSA) is 91.0 Å². The molecule has 0 aliphatic carbocycles. The number of ether oxygens (including phenoxy) is 1. The molecule has 3 aromatic carbocycles. The zero-order valence-corrected chi connectivity index (χ0v) is 20.5. The van der Waals surface area contributed by atoms with E-state index in [0.29, 0.717) is 16.5 Å². The van der Waals surface area contributed by atoms with E-state index in [1.165, 1.54) is 47.4 Å². The summed E-state index contributed by atoms with van der Waals surface area (Å²) in [5.41, 5.74) is 3.28. The Morgan fingerprint density at radius 3 is 2.36 bits per heavy atom. The third-order valence-corrected chi connectivity index (χ3v) is 6.03. The number of thiocarbonyl (C=S) groups is 1. The van der Waals surface area contributed by atoms with E-state index in [9.17, 15) is 18.8 Å². The molecule has 1 heterocycles. The monoisotopic (exact) mass is 526 g/mol. The van der Waals surface area contributed by atoms with Crippen LogP contribution >= 0.6 is 23.8 Å². The van der Waals surface area contributed by atoms with Crippen LogP contribution in [0.25, 0.3) is 0 Å². The number of carbonyl (C=O) groups excluding carboxylic acids is 3. The summed E-state index contributed by atoms with van der Waals surface area (Å²) in [6.45, 7) is 0. The van der Waals surface area contributed by atoms with Gasteiger partial charge in [0.05, 0.1) is 24.9 Å². The van der Waals surface area contributed by atoms with Crippen molar-refractivity contribution in [2.24, 2.45) is 0 Å². The second-order valence-electron chi connectivity index (χ2n) is 7.72. The van der Waals surface area contributed by atoms with Gasteiger partial charge in [-0.1, -0.05) is 23.7 Å². The molecule has 36 heavy (non-hydrogen) atoms. The van der Waals surface area contributed by atoms with E-state index in [0.717, 1.165) is 0 Å². The van der Waals surface area contributed by atoms with Crippen LogP contribution in [0, 0.1) is 5.82 Å². The molecular weight excluding hydrogens is 507 g/mol. The number of halogens is 2. The Kier molecular flexibility index (Phi) is 7.47. The maximum Gasteiger partial charge on any atom is 0.269 e. The van der Waals surface area contributed by atoms with Crippen LogP contribution in [0.3, 0.4) is 0 Å². The lowest BCUT2D eigenvalue weighted by Gasteiger charge is -2.24. The molecule has 1 unspecified atom stereocenters. The molecule has 11 heteroatoms. The molecule has 0 spiro atoms. The van der Waals surface area contributed by atoms with Crippen LogP contribution in [0.2, 0.25) is 5.02 Å². The summed E-state index contributed by atoms with van der Waals surface area (Å²) in [6, 6.07) is 17.2. The number of nitrogens with one attached hydrogen (secondary N) is 2. The lowest BCUT2D eigenvalue weighted by atomic mass is 10.1. The van der Waals surface area contributed by atoms with Gasteiger partial charge in [0.1, 0.15) is 17.6 Å². The fourth-order valence-electron chi connectivity index (χ4n) is 3.58. The largest absolute Gasteiger partial charge is 0.497 e. The van der Waals surface area contributed by atoms with Gasteiger partial charge >= 0.3 is 0 Å². The number of benzene rings is 3. The zero-order valence-electron chi connectivity index (χ0n) is 18.9. The zero-order chi connectivity index (χ0) is 25.8. The van der Waals surface area contributed by atoms with Gasteiger partial charge in [-0.3, -0.25) is 24.7 Å². The molecular formula is C25H20ClFN4O4S. The fourth-order valence-corrected chi connectivity index (χ4v) is 4.08. The highest BCUT2D eigenvalue weighted by Gasteiger charge is 2.45. The number of hydrazine groups is 1. The molecule has 0 bridgehead atoms. The van der Waals surface area contributed by atoms with E-state index < -0.39 is 36.0 Å². The fraction of sp³-hybridized carbons (Fsp3) is 0.120. The molecule has 1 fully saturated rings. The SMILES string of the molecule is COc1ccc(N2C(=O)C(CC(=O)Nc3ccccc3F)N(NC(=O)c3ccc(Cl)cc3)C2=S)cc1. The van der Waals surface area contributed by atoms with Crippen molar-refractivity contribution < 1.29 is 23.5 Å². The molecule has 4 rings (SSSR count). The van der Waals surface area contributed by atoms with Gasteiger partial charge in [0.15, 0.2) is 0 Å². The highest BCUT2D eigenvalue weighted by molar-refractivity contribution is 7.80. The predicted octanol–water partition coefficient (Wildman–Crippen LogP) is 4.16. The van der Waals surface area contributed by atoms with Crippen molar-refractivity contribution >= 4 is 58.0 Å². The van der Waals surface area contributed by atoms with Crippen LogP contribution in [0.4, 0.5) is 15.8 Å². The Morgan fingerprint density at radius 2 is 1.72 bits per heavy atom. The van der Waals surface area contributed by atoms with E-state index in [2.05, 4.69) is 10.7 Å². The predicted molar refractivity (Wildman–Crippen MR) is 137 cm³/mol. The summed E-state index contributed by atoms with van der Waals surface area (Å²) >= 11 is 11.4. The first-order valence-corrected chi connectivity index (χ1v) is 11.5. The summed E-state index contributed by atoms with van der Waals surface area (Å²) in [7, 11) is 1.51. The van der Waals surface area contributed by atoms with Gasteiger partial charge in [-0.05, 0) is 72.9 Å². The Balaban J connectivity index is 1.61. The van der Waals surface area contributed by atoms with E-state index in [1.807, 2.05) is 0 Å². The summed E-state index contributed by atoms with van der Waals surface area (Å²) in [6.07, 6.45) is -0.402. The molecule has 1 atom stereocenters. The molecule has 184 valence electrons. The minimum absolute atomic E-state index is 0.0284. The Bertz CT molecular complexity index is 1320. The van der Waals surface area contributed by atoms with Gasteiger partial charge < -0.3 is 10.1 Å². The molecule has 3 amide bonds. The van der Waals surface area contributed by atoms with Crippen LogP contribution in [0.15, 0.2) is 72.8 Å². The maximum atomic E-state index is 14.0. The number of nitrogens with zero attached hydrogens (tertiary/aromatic N) is 2. The number of para-hydroxylation sites is 1. The minimum atomic E-state index is -1.18. The van der Waals surface area contributed by atoms with Crippen LogP contribution < -0.4 is 20.4 Å². The van der Waals surface area contributed by atoms with Crippen LogP contribution in [-0.4, -0.2) is 41.0 Å². The third kappa shape index (κ3) is 5.29. The Hall–Kier alpha value is -4.02. The lowest BCUT2D eigenvalue weighted by Crippen LogP contribution is -2.49. The maximum absolute atomic E-state index is 14.0. The first-order valence-electron chi connectivity index (χ1n) is 10.7. The first-order chi connectivity index (χ1) is 17.3. The van der Waals surface area contributed by atoms with Crippen molar-refractivity contribution in [1.29, 1.82) is 0 Å². The van der Waals surface area contributed by atoms with Crippen LogP contribution in [0.5, 0.6) is 5.75 Å². The van der Waals surface area contributed by atoms with Gasteiger partial charge in [-0.25, -0.2) is 9.40 Å². The van der Waals surface area contributed by atoms with Crippen molar-refractivity contribution in [3.63, 3.8) is 0 Å². The van der Waals surface area contributed by atoms with Crippen molar-refractivity contribution in [1.82, 2.24) is 10.4 Å². The molecule has 0 saturated carbocycles. The average Bonchev–Trinajstić information content (AvgIpc) is 3.09. The van der Waals surface area contributed by atoms with Crippen molar-refractivity contribution in [2.45, 2.75) is 12.5 Å². The molecule has 3 aromatic rings. The molecule has 1 aliphatic heterocycles. The number of methoxy groups -OCH3 is 1. The highest BCUT2D eigenvalue weighted by Crippen LogP contribution is 2.28. The van der Waals surface area contributed by atoms with Crippen molar-refractivity contribution in [2.75, 3.05) is 17.3 Å². The molecule has 0 aromatic heterocycles. The Morgan fingerprint density at radius 1 is 1.06 bits per heavy atom. The lowest BCUT2D eigenvalue weighted by molar-refractivity contribution is -0.124. The smallest absolute Gasteiger partial charge is 0.269 e. The van der Waals surface area contributed by atoms with Crippen LogP contribution in [0.1, 0.15) is 16.8 Å². The van der Waals surface area contributed by atoms with Crippen molar-refractivity contribution in [3.05, 3.63) is 89.2 Å². The number of amides is 3. The normalized spacial score (nSPS) is 15.1. The van der Waals surface area contributed by atoms with Gasteiger partial charge in [0, 0.05) is 10.6 Å². The van der Waals surface area contributed by atoms with Crippen LogP contribution in [-0.2, 0) is 9.59 Å². The van der Waals surface area contributed by atoms with Gasteiger partial charge in [0.25, 0.3) is 11.8 Å². The second-order valence-corrected chi connectivity index (χ2v) is 8.52. The third-order valence-electron chi connectivity index (χ3n) is 5.40. The molecule has 1 aliphatic rings. The standard InChI is InChI=1S/C25H20ClFN4O4S/c1-35-18-12-10-17(11-13-18)30-24(34)21(14-22(32)28-20-5-3-2-4-19(20)27)31(25(30)36)29-23(33)15-6-8-16(26)9-7-15/h2-13,21H,14H2,1H3,(H,28,32)(H,29,33). The minimum Gasteiger partial charge on any atom is -0.497 e. The highest BCUT2D eigenvalue weighted by atomic mass is 35.5. The van der Waals surface area contributed by atoms with Crippen molar-refractivity contribution in [3.8, 4) is 5.75 Å². The number of carbonyl (C=O) groups is 3. The average molecular weight is 527 g/mol.